The number of aryl methyl sites for hydroxylation is 1. The predicted octanol–water partition coefficient (Wildman–Crippen LogP) is 7.39. The van der Waals surface area contributed by atoms with Crippen LogP contribution in [-0.2, 0) is 11.0 Å². The number of amides is 1. The van der Waals surface area contributed by atoms with Crippen molar-refractivity contribution in [2.24, 2.45) is 0 Å². The molecule has 4 aromatic rings. The van der Waals surface area contributed by atoms with E-state index >= 15 is 8.78 Å². The number of piperazine rings is 1. The van der Waals surface area contributed by atoms with Gasteiger partial charge in [0.15, 0.2) is 11.6 Å². The highest BCUT2D eigenvalue weighted by atomic mass is 35.5. The van der Waals surface area contributed by atoms with E-state index in [2.05, 4.69) is 15.0 Å². The smallest absolute Gasteiger partial charge is 0.418 e. The van der Waals surface area contributed by atoms with Gasteiger partial charge in [-0.15, -0.1) is 11.3 Å². The SMILES string of the molecule is Cc1cc(N)nc(-c2c(Cl)cc3c(N4CC5CCCC(C4)N5C(=O)/C(F)=C/c4nccs4)nc(OC[C@]45CCCN4C[C@H](F)C5)nc3c2F)c1C(F)(F)F. The first-order chi connectivity index (χ1) is 25.7. The number of fused-ring (bicyclic) bond motifs is 4. The molecule has 0 saturated carbocycles. The van der Waals surface area contributed by atoms with Gasteiger partial charge in [0, 0.05) is 49.1 Å². The van der Waals surface area contributed by atoms with Gasteiger partial charge in [0.25, 0.3) is 5.91 Å². The Hall–Kier alpha value is -4.22. The number of alkyl halides is 4. The zero-order valence-electron chi connectivity index (χ0n) is 29.0. The Morgan fingerprint density at radius 2 is 1.91 bits per heavy atom. The quantitative estimate of drug-likeness (QED) is 0.151. The molecule has 0 spiro atoms. The number of pyridine rings is 1. The molecule has 4 fully saturated rings. The second kappa shape index (κ2) is 13.8. The molecule has 0 aliphatic carbocycles. The summed E-state index contributed by atoms with van der Waals surface area (Å²) in [6, 6.07) is 1.18. The molecule has 2 unspecified atom stereocenters. The fourth-order valence-corrected chi connectivity index (χ4v) is 9.61. The van der Waals surface area contributed by atoms with E-state index in [4.69, 9.17) is 27.1 Å². The molecule has 4 aliphatic heterocycles. The van der Waals surface area contributed by atoms with E-state index in [9.17, 15) is 22.4 Å². The van der Waals surface area contributed by atoms with Gasteiger partial charge in [-0.2, -0.15) is 23.1 Å². The molecule has 7 heterocycles. The molecule has 2 N–H and O–H groups in total. The molecule has 0 radical (unpaired) electrons. The van der Waals surface area contributed by atoms with Crippen LogP contribution in [0.15, 0.2) is 29.5 Å². The maximum atomic E-state index is 17.0. The summed E-state index contributed by atoms with van der Waals surface area (Å²) in [5, 5.41) is 1.73. The Morgan fingerprint density at radius 3 is 2.61 bits per heavy atom. The van der Waals surface area contributed by atoms with E-state index in [0.29, 0.717) is 30.8 Å². The number of piperidine rings is 1. The normalized spacial score (nSPS) is 24.7. The first-order valence-corrected chi connectivity index (χ1v) is 18.9. The van der Waals surface area contributed by atoms with E-state index < -0.39 is 64.3 Å². The third kappa shape index (κ3) is 6.51. The second-order valence-electron chi connectivity index (χ2n) is 14.4. The van der Waals surface area contributed by atoms with Gasteiger partial charge in [0.1, 0.15) is 34.9 Å². The average Bonchev–Trinajstić information content (AvgIpc) is 3.82. The van der Waals surface area contributed by atoms with Crippen LogP contribution in [0.1, 0.15) is 54.7 Å². The summed E-state index contributed by atoms with van der Waals surface area (Å²) in [6.07, 6.45) is 0.316. The number of hydrogen-bond acceptors (Lipinski definition) is 10. The number of ether oxygens (including phenoxy) is 1. The maximum absolute atomic E-state index is 17.0. The minimum atomic E-state index is -4.93. The van der Waals surface area contributed by atoms with Crippen molar-refractivity contribution < 1.29 is 35.9 Å². The molecule has 4 atom stereocenters. The summed E-state index contributed by atoms with van der Waals surface area (Å²) < 4.78 is 96.3. The van der Waals surface area contributed by atoms with E-state index in [1.807, 2.05) is 9.80 Å². The fourth-order valence-electron chi connectivity index (χ4n) is 8.78. The molecule has 8 rings (SSSR count). The second-order valence-corrected chi connectivity index (χ2v) is 15.8. The molecule has 4 saturated heterocycles. The molecule has 2 bridgehead atoms. The van der Waals surface area contributed by atoms with E-state index in [1.54, 1.807) is 10.3 Å². The van der Waals surface area contributed by atoms with Crippen molar-refractivity contribution in [1.82, 2.24) is 29.7 Å². The third-order valence-electron chi connectivity index (χ3n) is 11.0. The van der Waals surface area contributed by atoms with Crippen LogP contribution in [0.4, 0.5) is 38.0 Å². The number of thiazole rings is 1. The van der Waals surface area contributed by atoms with Crippen LogP contribution in [-0.4, -0.2) is 92.2 Å². The average molecular weight is 793 g/mol. The van der Waals surface area contributed by atoms with Crippen LogP contribution < -0.4 is 15.4 Å². The molecule has 54 heavy (non-hydrogen) atoms. The molecule has 3 aromatic heterocycles. The van der Waals surface area contributed by atoms with Crippen LogP contribution in [0.5, 0.6) is 6.01 Å². The van der Waals surface area contributed by atoms with Gasteiger partial charge in [-0.05, 0) is 63.3 Å². The minimum Gasteiger partial charge on any atom is -0.461 e. The fraction of sp³-hybridized carbons (Fsp3) is 0.472. The van der Waals surface area contributed by atoms with Crippen molar-refractivity contribution in [1.29, 1.82) is 0 Å². The zero-order chi connectivity index (χ0) is 38.1. The lowest BCUT2D eigenvalue weighted by atomic mass is 9.90. The van der Waals surface area contributed by atoms with Crippen LogP contribution in [0, 0.1) is 12.7 Å². The Bertz CT molecular complexity index is 2140. The van der Waals surface area contributed by atoms with Gasteiger partial charge >= 0.3 is 12.2 Å². The lowest BCUT2D eigenvalue weighted by molar-refractivity contribution is -0.138. The summed E-state index contributed by atoms with van der Waals surface area (Å²) in [5.41, 5.74) is 1.98. The number of hydrogen-bond donors (Lipinski definition) is 1. The number of aromatic nitrogens is 4. The molecule has 4 aliphatic rings. The van der Waals surface area contributed by atoms with Gasteiger partial charge in [0.05, 0.1) is 39.5 Å². The van der Waals surface area contributed by atoms with E-state index in [-0.39, 0.29) is 71.8 Å². The number of benzene rings is 1. The number of carbonyl (C=O) groups excluding carboxylic acids is 1. The van der Waals surface area contributed by atoms with Crippen molar-refractivity contribution in [2.45, 2.75) is 75.4 Å². The molecular weight excluding hydrogens is 758 g/mol. The molecular formula is C36H35ClF6N8O2S. The molecule has 286 valence electrons. The highest BCUT2D eigenvalue weighted by Crippen LogP contribution is 2.46. The van der Waals surface area contributed by atoms with E-state index in [1.165, 1.54) is 30.5 Å². The van der Waals surface area contributed by atoms with Crippen LogP contribution in [0.3, 0.4) is 0 Å². The monoisotopic (exact) mass is 792 g/mol. The largest absolute Gasteiger partial charge is 0.461 e. The van der Waals surface area contributed by atoms with Crippen LogP contribution in [0.2, 0.25) is 5.02 Å². The van der Waals surface area contributed by atoms with Gasteiger partial charge in [0.2, 0.25) is 0 Å². The zero-order valence-corrected chi connectivity index (χ0v) is 30.5. The van der Waals surface area contributed by atoms with Gasteiger partial charge < -0.3 is 20.3 Å². The van der Waals surface area contributed by atoms with Crippen molar-refractivity contribution >= 4 is 57.5 Å². The standard InChI is InChI=1S/C36H35ClF6N8O2S/c1-18-10-25(44)46-31(28(18)36(41,42)43)27-23(37)11-22-30(29(27)40)47-34(53-17-35-6-3-8-50(35)14-19(38)13-35)48-32(22)49-15-20-4-2-5-21(16-49)51(20)33(52)24(39)12-26-45-7-9-54-26/h7,9-12,19-21H,2-6,8,13-17H2,1H3,(H2,44,46)/b24-12-/t19-,20?,21?,35-/m1/s1. The first-order valence-electron chi connectivity index (χ1n) is 17.6. The molecule has 1 amide bonds. The van der Waals surface area contributed by atoms with Gasteiger partial charge in [-0.25, -0.2) is 23.1 Å². The summed E-state index contributed by atoms with van der Waals surface area (Å²) in [4.78, 5) is 35.9. The first kappa shape index (κ1) is 36.7. The molecule has 18 heteroatoms. The topological polar surface area (TPSA) is 114 Å². The Balaban J connectivity index is 1.22. The highest BCUT2D eigenvalue weighted by Gasteiger charge is 2.50. The van der Waals surface area contributed by atoms with Gasteiger partial charge in [-0.1, -0.05) is 11.6 Å². The lowest BCUT2D eigenvalue weighted by Gasteiger charge is -2.50. The lowest BCUT2D eigenvalue weighted by Crippen LogP contribution is -2.63. The number of rotatable bonds is 7. The Labute approximate surface area is 315 Å². The van der Waals surface area contributed by atoms with Crippen LogP contribution >= 0.6 is 22.9 Å². The number of nitrogen functional groups attached to an aromatic ring is 1. The van der Waals surface area contributed by atoms with Crippen molar-refractivity contribution in [3.63, 3.8) is 0 Å². The van der Waals surface area contributed by atoms with Gasteiger partial charge in [-0.3, -0.25) is 9.69 Å². The summed E-state index contributed by atoms with van der Waals surface area (Å²) >= 11 is 7.85. The van der Waals surface area contributed by atoms with Crippen molar-refractivity contribution in [2.75, 3.05) is 43.4 Å². The maximum Gasteiger partial charge on any atom is 0.418 e. The number of nitrogens with two attached hydrogens (primary N) is 1. The Morgan fingerprint density at radius 1 is 1.15 bits per heavy atom. The Kier molecular flexibility index (Phi) is 9.40. The summed E-state index contributed by atoms with van der Waals surface area (Å²) in [7, 11) is 0. The predicted molar refractivity (Wildman–Crippen MR) is 192 cm³/mol. The van der Waals surface area contributed by atoms with Crippen molar-refractivity contribution in [3.05, 3.63) is 56.5 Å². The number of anilines is 2. The minimum absolute atomic E-state index is 0.00681. The molecule has 1 aromatic carbocycles. The number of carbonyl (C=O) groups is 1. The molecule has 10 nitrogen and oxygen atoms in total. The van der Waals surface area contributed by atoms with Crippen LogP contribution in [0.25, 0.3) is 28.2 Å². The van der Waals surface area contributed by atoms with Crippen molar-refractivity contribution in [3.8, 4) is 17.3 Å². The highest BCUT2D eigenvalue weighted by molar-refractivity contribution is 7.10. The summed E-state index contributed by atoms with van der Waals surface area (Å²) in [5.74, 6) is -2.98. The number of halogens is 7. The number of nitrogens with zero attached hydrogens (tertiary/aromatic N) is 7. The third-order valence-corrected chi connectivity index (χ3v) is 12.0. The van der Waals surface area contributed by atoms with E-state index in [0.717, 1.165) is 25.0 Å². The summed E-state index contributed by atoms with van der Waals surface area (Å²) in [6.45, 7) is 2.52.